The molecule has 0 radical (unpaired) electrons. The summed E-state index contributed by atoms with van der Waals surface area (Å²) in [6.45, 7) is 11.7. The van der Waals surface area contributed by atoms with E-state index in [4.69, 9.17) is 4.74 Å². The molecule has 2 aliphatic carbocycles. The molecule has 0 aromatic rings. The molecule has 3 fully saturated rings. The van der Waals surface area contributed by atoms with Crippen LogP contribution >= 0.6 is 0 Å². The Hall–Kier alpha value is -1.39. The van der Waals surface area contributed by atoms with Gasteiger partial charge >= 0.3 is 5.97 Å². The Morgan fingerprint density at radius 3 is 2.53 bits per heavy atom. The van der Waals surface area contributed by atoms with Crippen molar-refractivity contribution in [1.82, 2.24) is 0 Å². The van der Waals surface area contributed by atoms with E-state index in [0.717, 1.165) is 5.57 Å². The third-order valence-electron chi connectivity index (χ3n) is 4.79. The first kappa shape index (κ1) is 12.6. The highest BCUT2D eigenvalue weighted by atomic mass is 16.6. The molecule has 3 aliphatic rings. The minimum Gasteiger partial charge on any atom is -0.458 e. The van der Waals surface area contributed by atoms with Crippen LogP contribution in [0.4, 0.5) is 0 Å². The van der Waals surface area contributed by atoms with E-state index < -0.39 is 30.2 Å². The molecular weight excluding hydrogens is 244 g/mol. The first-order valence-electron chi connectivity index (χ1n) is 6.54. The van der Waals surface area contributed by atoms with Gasteiger partial charge in [0, 0.05) is 11.5 Å². The second-order valence-electron chi connectivity index (χ2n) is 5.81. The van der Waals surface area contributed by atoms with Gasteiger partial charge in [0.05, 0.1) is 18.1 Å². The lowest BCUT2D eigenvalue weighted by Crippen LogP contribution is -2.33. The summed E-state index contributed by atoms with van der Waals surface area (Å²) in [5.41, 5.74) is 1.89. The molecule has 6 atom stereocenters. The zero-order valence-corrected chi connectivity index (χ0v) is 10.7. The van der Waals surface area contributed by atoms with Crippen LogP contribution < -0.4 is 0 Å². The Kier molecular flexibility index (Phi) is 2.69. The van der Waals surface area contributed by atoms with E-state index in [0.29, 0.717) is 24.0 Å². The molecule has 3 rings (SSSR count). The Bertz CT molecular complexity index is 492. The highest BCUT2D eigenvalue weighted by Crippen LogP contribution is 2.51. The van der Waals surface area contributed by atoms with Gasteiger partial charge in [-0.2, -0.15) is 0 Å². The van der Waals surface area contributed by atoms with Crippen LogP contribution in [0, 0.1) is 17.8 Å². The summed E-state index contributed by atoms with van der Waals surface area (Å²) in [5.74, 6) is -1.01. The van der Waals surface area contributed by atoms with Gasteiger partial charge in [0.25, 0.3) is 0 Å². The van der Waals surface area contributed by atoms with Gasteiger partial charge in [-0.1, -0.05) is 25.3 Å². The van der Waals surface area contributed by atoms with Crippen molar-refractivity contribution >= 4 is 5.97 Å². The first-order chi connectivity index (χ1) is 8.91. The predicted octanol–water partition coefficient (Wildman–Crippen LogP) is 0.958. The monoisotopic (exact) mass is 262 g/mol. The number of ether oxygens (including phenoxy) is 1. The average molecular weight is 262 g/mol. The van der Waals surface area contributed by atoms with Crippen LogP contribution in [-0.2, 0) is 9.53 Å². The van der Waals surface area contributed by atoms with E-state index in [9.17, 15) is 15.0 Å². The number of carbonyl (C=O) groups is 1. The summed E-state index contributed by atoms with van der Waals surface area (Å²) >= 11 is 0. The number of fused-ring (bicyclic) bond motifs is 3. The van der Waals surface area contributed by atoms with Gasteiger partial charge in [-0.15, -0.1) is 0 Å². The summed E-state index contributed by atoms with van der Waals surface area (Å²) in [6, 6.07) is 0. The number of esters is 1. The molecule has 0 amide bonds. The molecule has 102 valence electrons. The molecule has 4 heteroatoms. The number of carbonyl (C=O) groups excluding carboxylic acids is 1. The number of aliphatic hydroxyl groups is 2. The van der Waals surface area contributed by atoms with Crippen molar-refractivity contribution in [2.75, 3.05) is 0 Å². The molecule has 0 aromatic carbocycles. The van der Waals surface area contributed by atoms with Gasteiger partial charge in [-0.3, -0.25) is 0 Å². The maximum Gasteiger partial charge on any atom is 0.334 e. The first-order valence-corrected chi connectivity index (χ1v) is 6.54. The number of hydrogen-bond donors (Lipinski definition) is 2. The van der Waals surface area contributed by atoms with E-state index in [-0.39, 0.29) is 11.8 Å². The zero-order valence-electron chi connectivity index (χ0n) is 10.7. The molecule has 1 saturated heterocycles. The predicted molar refractivity (Wildman–Crippen MR) is 69.0 cm³/mol. The van der Waals surface area contributed by atoms with E-state index in [1.54, 1.807) is 0 Å². The lowest BCUT2D eigenvalue weighted by Gasteiger charge is -2.26. The molecule has 1 heterocycles. The van der Waals surface area contributed by atoms with Crippen molar-refractivity contribution in [2.45, 2.75) is 31.2 Å². The maximum absolute atomic E-state index is 11.7. The van der Waals surface area contributed by atoms with Crippen molar-refractivity contribution in [1.29, 1.82) is 0 Å². The van der Waals surface area contributed by atoms with Crippen molar-refractivity contribution in [3.8, 4) is 0 Å². The van der Waals surface area contributed by atoms with Crippen molar-refractivity contribution in [2.24, 2.45) is 17.8 Å². The Labute approximate surface area is 112 Å². The molecule has 1 aliphatic heterocycles. The van der Waals surface area contributed by atoms with Gasteiger partial charge in [0.2, 0.25) is 0 Å². The molecule has 1 unspecified atom stereocenters. The van der Waals surface area contributed by atoms with Gasteiger partial charge < -0.3 is 14.9 Å². The van der Waals surface area contributed by atoms with Gasteiger partial charge in [0.1, 0.15) is 6.10 Å². The number of hydrogen-bond acceptors (Lipinski definition) is 4. The van der Waals surface area contributed by atoms with E-state index in [1.165, 1.54) is 0 Å². The second kappa shape index (κ2) is 4.05. The maximum atomic E-state index is 11.7. The SMILES string of the molecule is C=C1C(=O)O[C@H]2C1[C@H](O)CC(=C)[C@@H]1C[C@H](O)C(=C)[C@@H]12. The fraction of sp³-hybridized carbons (Fsp3) is 0.533. The van der Waals surface area contributed by atoms with E-state index in [2.05, 4.69) is 19.7 Å². The normalized spacial score (nSPS) is 45.8. The molecule has 0 spiro atoms. The average Bonchev–Trinajstić information content (AvgIpc) is 2.75. The molecule has 2 N–H and O–H groups in total. The Morgan fingerprint density at radius 2 is 1.84 bits per heavy atom. The van der Waals surface area contributed by atoms with Crippen molar-refractivity contribution in [3.05, 3.63) is 36.5 Å². The number of aliphatic hydroxyl groups excluding tert-OH is 2. The van der Waals surface area contributed by atoms with Crippen LogP contribution in [0.3, 0.4) is 0 Å². The van der Waals surface area contributed by atoms with Crippen LogP contribution in [0.25, 0.3) is 0 Å². The molecule has 0 aromatic heterocycles. The van der Waals surface area contributed by atoms with E-state index >= 15 is 0 Å². The summed E-state index contributed by atoms with van der Waals surface area (Å²) < 4.78 is 5.40. The third-order valence-corrected chi connectivity index (χ3v) is 4.79. The summed E-state index contributed by atoms with van der Waals surface area (Å²) in [4.78, 5) is 11.7. The van der Waals surface area contributed by atoms with Crippen LogP contribution in [-0.4, -0.2) is 34.5 Å². The topological polar surface area (TPSA) is 66.8 Å². The molecule has 0 bridgehead atoms. The van der Waals surface area contributed by atoms with Crippen LogP contribution in [0.2, 0.25) is 0 Å². The highest BCUT2D eigenvalue weighted by molar-refractivity contribution is 5.91. The fourth-order valence-corrected chi connectivity index (χ4v) is 3.78. The summed E-state index contributed by atoms with van der Waals surface area (Å²) in [6.07, 6.45) is -0.800. The standard InChI is InChI=1S/C15H18O4/c1-6-4-11(17)13-8(3)15(18)19-14(13)12-7(2)10(16)5-9(6)12/h9-14,16-17H,1-5H2/t9-,10-,11+,12-,13?,14+/m0/s1. The quantitative estimate of drug-likeness (QED) is 0.387. The van der Waals surface area contributed by atoms with Crippen LogP contribution in [0.1, 0.15) is 12.8 Å². The van der Waals surface area contributed by atoms with Gasteiger partial charge in [-0.05, 0) is 24.3 Å². The minimum absolute atomic E-state index is 0.0193. The minimum atomic E-state index is -0.702. The second-order valence-corrected chi connectivity index (χ2v) is 5.81. The summed E-state index contributed by atoms with van der Waals surface area (Å²) in [7, 11) is 0. The van der Waals surface area contributed by atoms with Gasteiger partial charge in [0.15, 0.2) is 0 Å². The smallest absolute Gasteiger partial charge is 0.334 e. The third kappa shape index (κ3) is 1.63. The fourth-order valence-electron chi connectivity index (χ4n) is 3.78. The molecular formula is C15H18O4. The molecule has 19 heavy (non-hydrogen) atoms. The van der Waals surface area contributed by atoms with Crippen LogP contribution in [0.15, 0.2) is 36.5 Å². The van der Waals surface area contributed by atoms with Crippen LogP contribution in [0.5, 0.6) is 0 Å². The summed E-state index contributed by atoms with van der Waals surface area (Å²) in [5, 5.41) is 20.3. The lowest BCUT2D eigenvalue weighted by atomic mass is 9.81. The van der Waals surface area contributed by atoms with Crippen molar-refractivity contribution in [3.63, 3.8) is 0 Å². The molecule has 4 nitrogen and oxygen atoms in total. The Morgan fingerprint density at radius 1 is 1.16 bits per heavy atom. The number of rotatable bonds is 0. The van der Waals surface area contributed by atoms with Gasteiger partial charge in [-0.25, -0.2) is 4.79 Å². The van der Waals surface area contributed by atoms with Crippen molar-refractivity contribution < 1.29 is 19.7 Å². The largest absolute Gasteiger partial charge is 0.458 e. The van der Waals surface area contributed by atoms with E-state index in [1.807, 2.05) is 0 Å². The zero-order chi connectivity index (χ0) is 13.9. The highest BCUT2D eigenvalue weighted by Gasteiger charge is 2.55. The Balaban J connectivity index is 2.05. The molecule has 2 saturated carbocycles. The lowest BCUT2D eigenvalue weighted by molar-refractivity contribution is -0.141.